The quantitative estimate of drug-likeness (QED) is 0.567. The molecule has 0 radical (unpaired) electrons. The van der Waals surface area contributed by atoms with Crippen LogP contribution < -0.4 is 0 Å². The van der Waals surface area contributed by atoms with E-state index >= 15 is 0 Å². The van der Waals surface area contributed by atoms with E-state index in [0.717, 1.165) is 12.5 Å². The van der Waals surface area contributed by atoms with Gasteiger partial charge in [-0.1, -0.05) is 57.9 Å². The van der Waals surface area contributed by atoms with Gasteiger partial charge in [-0.2, -0.15) is 0 Å². The molecule has 0 saturated heterocycles. The number of alkyl halides is 2. The van der Waals surface area contributed by atoms with Gasteiger partial charge in [-0.3, -0.25) is 0 Å². The lowest BCUT2D eigenvalue weighted by Crippen LogP contribution is -2.40. The third-order valence-corrected chi connectivity index (χ3v) is 5.85. The molecule has 2 rings (SSSR count). The Morgan fingerprint density at radius 1 is 1.26 bits per heavy atom. The lowest BCUT2D eigenvalue weighted by molar-refractivity contribution is 0.179. The summed E-state index contributed by atoms with van der Waals surface area (Å²) in [5.41, 5.74) is 3.15. The first-order valence-electron chi connectivity index (χ1n) is 7.59. The molecule has 0 spiro atoms. The number of hydrogen-bond acceptors (Lipinski definition) is 1. The van der Waals surface area contributed by atoms with Crippen LogP contribution in [0, 0.1) is 0 Å². The van der Waals surface area contributed by atoms with Crippen molar-refractivity contribution in [2.24, 2.45) is 0 Å². The number of allylic oxidation sites excluding steroid dienone is 3. The average molecular weight is 391 g/mol. The van der Waals surface area contributed by atoms with Gasteiger partial charge in [0.2, 0.25) is 0 Å². The summed E-state index contributed by atoms with van der Waals surface area (Å²) in [5, 5.41) is 0. The number of rotatable bonds is 5. The first kappa shape index (κ1) is 15.8. The first-order chi connectivity index (χ1) is 9.08. The maximum Gasteiger partial charge on any atom is 0.105 e. The molecule has 0 aromatic rings. The number of halogens is 2. The standard InChI is InChI=1S/C16H25Br2N/c1-3-10-19(11-4-2)14-8-7-13-6-5-9-16(17,18)15(13)12-14/h5-6,14H,3-4,7-12H2,1-2H3. The Morgan fingerprint density at radius 3 is 2.58 bits per heavy atom. The molecule has 2 aliphatic rings. The molecule has 0 N–H and O–H groups in total. The van der Waals surface area contributed by atoms with Crippen LogP contribution in [0.25, 0.3) is 0 Å². The molecule has 0 fully saturated rings. The van der Waals surface area contributed by atoms with Crippen LogP contribution in [-0.4, -0.2) is 27.3 Å². The van der Waals surface area contributed by atoms with Crippen LogP contribution in [0.3, 0.4) is 0 Å². The van der Waals surface area contributed by atoms with E-state index < -0.39 is 0 Å². The van der Waals surface area contributed by atoms with Crippen molar-refractivity contribution in [3.05, 3.63) is 23.3 Å². The molecule has 1 atom stereocenters. The van der Waals surface area contributed by atoms with Crippen LogP contribution >= 0.6 is 31.9 Å². The molecule has 3 heteroatoms. The van der Waals surface area contributed by atoms with Gasteiger partial charge >= 0.3 is 0 Å². The molecule has 108 valence electrons. The average Bonchev–Trinajstić information content (AvgIpc) is 2.38. The van der Waals surface area contributed by atoms with E-state index in [4.69, 9.17) is 0 Å². The van der Waals surface area contributed by atoms with Crippen molar-refractivity contribution in [3.8, 4) is 0 Å². The van der Waals surface area contributed by atoms with Crippen LogP contribution in [0.15, 0.2) is 23.3 Å². The predicted octanol–water partition coefficient (Wildman–Crippen LogP) is 5.40. The summed E-state index contributed by atoms with van der Waals surface area (Å²) in [6, 6.07) is 0.736. The van der Waals surface area contributed by atoms with Crippen molar-refractivity contribution >= 4 is 31.9 Å². The second-order valence-corrected chi connectivity index (χ2v) is 9.52. The van der Waals surface area contributed by atoms with Gasteiger partial charge in [0.25, 0.3) is 0 Å². The number of hydrogen-bond donors (Lipinski definition) is 0. The fourth-order valence-electron chi connectivity index (χ4n) is 3.35. The van der Waals surface area contributed by atoms with Gasteiger partial charge in [-0.15, -0.1) is 0 Å². The van der Waals surface area contributed by atoms with Gasteiger partial charge in [0.15, 0.2) is 0 Å². The predicted molar refractivity (Wildman–Crippen MR) is 91.2 cm³/mol. The second kappa shape index (κ2) is 6.91. The van der Waals surface area contributed by atoms with E-state index in [9.17, 15) is 0 Å². The molecule has 1 unspecified atom stereocenters. The van der Waals surface area contributed by atoms with E-state index in [2.05, 4.69) is 62.8 Å². The highest BCUT2D eigenvalue weighted by Crippen LogP contribution is 2.48. The van der Waals surface area contributed by atoms with Gasteiger partial charge in [0.1, 0.15) is 3.23 Å². The van der Waals surface area contributed by atoms with E-state index in [1.807, 2.05) is 0 Å². The Bertz CT molecular complexity index is 365. The van der Waals surface area contributed by atoms with Crippen LogP contribution in [-0.2, 0) is 0 Å². The maximum atomic E-state index is 3.88. The molecule has 0 amide bonds. The molecular weight excluding hydrogens is 366 g/mol. The zero-order chi connectivity index (χ0) is 13.9. The molecule has 0 aromatic heterocycles. The van der Waals surface area contributed by atoms with E-state index in [-0.39, 0.29) is 3.23 Å². The SMILES string of the molecule is CCCN(CCC)C1CCC2=C(C1)C(Br)(Br)CC=C2. The van der Waals surface area contributed by atoms with Crippen LogP contribution in [0.4, 0.5) is 0 Å². The molecule has 0 saturated carbocycles. The largest absolute Gasteiger partial charge is 0.300 e. The summed E-state index contributed by atoms with van der Waals surface area (Å²) < 4.78 is 0.0207. The van der Waals surface area contributed by atoms with Gasteiger partial charge < -0.3 is 4.90 Å². The van der Waals surface area contributed by atoms with Crippen molar-refractivity contribution in [2.45, 2.75) is 61.6 Å². The monoisotopic (exact) mass is 389 g/mol. The molecule has 19 heavy (non-hydrogen) atoms. The molecule has 0 bridgehead atoms. The van der Waals surface area contributed by atoms with Crippen LogP contribution in [0.2, 0.25) is 0 Å². The Hall–Kier alpha value is 0.400. The zero-order valence-electron chi connectivity index (χ0n) is 12.1. The summed E-state index contributed by atoms with van der Waals surface area (Å²) in [6.45, 7) is 7.07. The topological polar surface area (TPSA) is 3.24 Å². The summed E-state index contributed by atoms with van der Waals surface area (Å²) in [5.74, 6) is 0. The Morgan fingerprint density at radius 2 is 1.95 bits per heavy atom. The van der Waals surface area contributed by atoms with Crippen molar-refractivity contribution in [1.29, 1.82) is 0 Å². The van der Waals surface area contributed by atoms with Crippen molar-refractivity contribution in [1.82, 2.24) is 4.90 Å². The summed E-state index contributed by atoms with van der Waals surface area (Å²) in [7, 11) is 0. The molecular formula is C16H25Br2N. The fourth-order valence-corrected chi connectivity index (χ4v) is 4.55. The Labute approximate surface area is 134 Å². The first-order valence-corrected chi connectivity index (χ1v) is 9.18. The second-order valence-electron chi connectivity index (χ2n) is 5.75. The smallest absolute Gasteiger partial charge is 0.105 e. The van der Waals surface area contributed by atoms with Crippen molar-refractivity contribution in [2.75, 3.05) is 13.1 Å². The van der Waals surface area contributed by atoms with Gasteiger partial charge in [0.05, 0.1) is 0 Å². The van der Waals surface area contributed by atoms with E-state index in [1.165, 1.54) is 45.2 Å². The molecule has 0 heterocycles. The Kier molecular flexibility index (Phi) is 5.74. The lowest BCUT2D eigenvalue weighted by atomic mass is 9.82. The molecule has 0 aliphatic heterocycles. The van der Waals surface area contributed by atoms with Gasteiger partial charge in [-0.25, -0.2) is 0 Å². The molecule has 1 nitrogen and oxygen atoms in total. The molecule has 0 aromatic carbocycles. The highest BCUT2D eigenvalue weighted by atomic mass is 79.9. The van der Waals surface area contributed by atoms with Gasteiger partial charge in [0, 0.05) is 6.04 Å². The van der Waals surface area contributed by atoms with E-state index in [1.54, 1.807) is 11.1 Å². The minimum atomic E-state index is 0.0207. The lowest BCUT2D eigenvalue weighted by Gasteiger charge is -2.40. The molecule has 2 aliphatic carbocycles. The Balaban J connectivity index is 2.12. The van der Waals surface area contributed by atoms with Crippen molar-refractivity contribution in [3.63, 3.8) is 0 Å². The normalized spacial score (nSPS) is 25.8. The number of nitrogens with zero attached hydrogens (tertiary/aromatic N) is 1. The zero-order valence-corrected chi connectivity index (χ0v) is 15.3. The minimum Gasteiger partial charge on any atom is -0.300 e. The van der Waals surface area contributed by atoms with Crippen LogP contribution in [0.1, 0.15) is 52.4 Å². The summed E-state index contributed by atoms with van der Waals surface area (Å²) in [4.78, 5) is 2.71. The highest BCUT2D eigenvalue weighted by Gasteiger charge is 2.36. The van der Waals surface area contributed by atoms with Crippen molar-refractivity contribution < 1.29 is 0 Å². The minimum absolute atomic E-state index is 0.0207. The summed E-state index contributed by atoms with van der Waals surface area (Å²) in [6.07, 6.45) is 12.0. The summed E-state index contributed by atoms with van der Waals surface area (Å²) >= 11 is 7.76. The van der Waals surface area contributed by atoms with Gasteiger partial charge in [-0.05, 0) is 62.8 Å². The highest BCUT2D eigenvalue weighted by molar-refractivity contribution is 9.25. The fraction of sp³-hybridized carbons (Fsp3) is 0.750. The maximum absolute atomic E-state index is 3.88. The van der Waals surface area contributed by atoms with E-state index in [0.29, 0.717) is 0 Å². The third-order valence-electron chi connectivity index (χ3n) is 4.25. The van der Waals surface area contributed by atoms with Crippen LogP contribution in [0.5, 0.6) is 0 Å². The third kappa shape index (κ3) is 3.74.